The third kappa shape index (κ3) is 5.73. The number of nitrogens with one attached hydrogen (secondary N) is 1. The summed E-state index contributed by atoms with van der Waals surface area (Å²) >= 11 is 3.42. The molecule has 120 valence electrons. The van der Waals surface area contributed by atoms with Crippen molar-refractivity contribution in [3.63, 3.8) is 0 Å². The lowest BCUT2D eigenvalue weighted by atomic mass is 9.96. The molecule has 0 aromatic carbocycles. The zero-order chi connectivity index (χ0) is 15.3. The van der Waals surface area contributed by atoms with Gasteiger partial charge < -0.3 is 15.3 Å². The molecule has 1 aliphatic carbocycles. The number of hydrogen-bond donors (Lipinski definition) is 2. The van der Waals surface area contributed by atoms with E-state index in [2.05, 4.69) is 22.4 Å². The zero-order valence-corrected chi connectivity index (χ0v) is 14.8. The van der Waals surface area contributed by atoms with Crippen molar-refractivity contribution < 1.29 is 5.11 Å². The minimum Gasteiger partial charge on any atom is -0.394 e. The van der Waals surface area contributed by atoms with Gasteiger partial charge in [0.15, 0.2) is 4.34 Å². The van der Waals surface area contributed by atoms with Crippen LogP contribution < -0.4 is 10.2 Å². The Kier molecular flexibility index (Phi) is 6.28. The maximum atomic E-state index is 9.56. The van der Waals surface area contributed by atoms with Gasteiger partial charge in [0, 0.05) is 31.4 Å². The van der Waals surface area contributed by atoms with Gasteiger partial charge >= 0.3 is 0 Å². The third-order valence-electron chi connectivity index (χ3n) is 3.61. The number of aliphatic hydroxyl groups excluding tert-OH is 1. The highest BCUT2D eigenvalue weighted by Gasteiger charge is 2.31. The highest BCUT2D eigenvalue weighted by Crippen LogP contribution is 2.28. The molecule has 1 heterocycles. The molecule has 0 aliphatic heterocycles. The van der Waals surface area contributed by atoms with E-state index in [1.54, 1.807) is 23.1 Å². The Morgan fingerprint density at radius 3 is 2.71 bits per heavy atom. The van der Waals surface area contributed by atoms with Crippen LogP contribution in [0.4, 0.5) is 5.13 Å². The predicted octanol–water partition coefficient (Wildman–Crippen LogP) is 2.37. The predicted molar refractivity (Wildman–Crippen MR) is 90.5 cm³/mol. The zero-order valence-electron chi connectivity index (χ0n) is 13.1. The molecule has 1 unspecified atom stereocenters. The lowest BCUT2D eigenvalue weighted by Crippen LogP contribution is -2.46. The molecule has 0 saturated heterocycles. The average molecular weight is 331 g/mol. The first-order valence-electron chi connectivity index (χ1n) is 7.54. The van der Waals surface area contributed by atoms with Crippen LogP contribution in [0.25, 0.3) is 0 Å². The van der Waals surface area contributed by atoms with Crippen molar-refractivity contribution in [2.24, 2.45) is 0 Å². The largest absolute Gasteiger partial charge is 0.394 e. The van der Waals surface area contributed by atoms with E-state index in [9.17, 15) is 5.11 Å². The molecule has 0 spiro atoms. The molecule has 2 rings (SSSR count). The Morgan fingerprint density at radius 2 is 2.14 bits per heavy atom. The van der Waals surface area contributed by atoms with Gasteiger partial charge in [0.2, 0.25) is 5.13 Å². The van der Waals surface area contributed by atoms with Gasteiger partial charge in [-0.05, 0) is 32.6 Å². The SMILES string of the molecule is CN(C)c1nnc(SCCCCC(C)(CO)NC2CC2)s1. The Balaban J connectivity index is 1.62. The summed E-state index contributed by atoms with van der Waals surface area (Å²) in [4.78, 5) is 1.98. The van der Waals surface area contributed by atoms with E-state index in [0.29, 0.717) is 6.04 Å². The molecule has 1 aromatic heterocycles. The van der Waals surface area contributed by atoms with Gasteiger partial charge in [0.25, 0.3) is 0 Å². The number of rotatable bonds is 10. The van der Waals surface area contributed by atoms with E-state index in [1.807, 2.05) is 19.0 Å². The first-order chi connectivity index (χ1) is 10.0. The standard InChI is InChI=1S/C14H26N4OS2/c1-14(10-19,15-11-6-7-11)8-4-5-9-20-13-17-16-12(21-13)18(2)3/h11,15,19H,4-10H2,1-3H3. The summed E-state index contributed by atoms with van der Waals surface area (Å²) in [5.74, 6) is 1.06. The Labute approximate surface area is 135 Å². The van der Waals surface area contributed by atoms with E-state index in [4.69, 9.17) is 0 Å². The normalized spacial score (nSPS) is 17.7. The van der Waals surface area contributed by atoms with E-state index in [0.717, 1.165) is 34.5 Å². The number of aliphatic hydroxyl groups is 1. The number of thioether (sulfide) groups is 1. The van der Waals surface area contributed by atoms with E-state index >= 15 is 0 Å². The van der Waals surface area contributed by atoms with E-state index < -0.39 is 0 Å². The Hall–Kier alpha value is -0.370. The van der Waals surface area contributed by atoms with Crippen LogP contribution in [0.5, 0.6) is 0 Å². The van der Waals surface area contributed by atoms with E-state index in [1.165, 1.54) is 12.8 Å². The minimum absolute atomic E-state index is 0.105. The maximum absolute atomic E-state index is 9.56. The van der Waals surface area contributed by atoms with Crippen LogP contribution in [-0.2, 0) is 0 Å². The van der Waals surface area contributed by atoms with Crippen LogP contribution in [0.1, 0.15) is 39.0 Å². The van der Waals surface area contributed by atoms with Gasteiger partial charge in [-0.3, -0.25) is 0 Å². The molecular weight excluding hydrogens is 304 g/mol. The second-order valence-corrected chi connectivity index (χ2v) is 8.49. The van der Waals surface area contributed by atoms with Crippen molar-refractivity contribution in [1.29, 1.82) is 0 Å². The molecule has 0 amide bonds. The number of aromatic nitrogens is 2. The van der Waals surface area contributed by atoms with Crippen LogP contribution in [0, 0.1) is 0 Å². The second-order valence-electron chi connectivity index (χ2n) is 6.19. The highest BCUT2D eigenvalue weighted by molar-refractivity contribution is 8.01. The fourth-order valence-corrected chi connectivity index (χ4v) is 3.97. The van der Waals surface area contributed by atoms with Gasteiger partial charge in [-0.15, -0.1) is 10.2 Å². The lowest BCUT2D eigenvalue weighted by molar-refractivity contribution is 0.161. The van der Waals surface area contributed by atoms with Gasteiger partial charge in [-0.25, -0.2) is 0 Å². The van der Waals surface area contributed by atoms with Crippen LogP contribution in [0.3, 0.4) is 0 Å². The summed E-state index contributed by atoms with van der Waals surface area (Å²) in [6.45, 7) is 2.35. The minimum atomic E-state index is -0.105. The number of hydrogen-bond acceptors (Lipinski definition) is 7. The van der Waals surface area contributed by atoms with Gasteiger partial charge in [0.1, 0.15) is 0 Å². The number of anilines is 1. The maximum Gasteiger partial charge on any atom is 0.208 e. The molecule has 1 aliphatic rings. The lowest BCUT2D eigenvalue weighted by Gasteiger charge is -2.29. The molecule has 1 aromatic rings. The number of unbranched alkanes of at least 4 members (excludes halogenated alkanes) is 1. The fourth-order valence-electron chi connectivity index (χ4n) is 2.14. The van der Waals surface area contributed by atoms with Gasteiger partial charge in [0.05, 0.1) is 6.61 Å². The fraction of sp³-hybridized carbons (Fsp3) is 0.857. The van der Waals surface area contributed by atoms with Crippen molar-refractivity contribution in [3.05, 3.63) is 0 Å². The van der Waals surface area contributed by atoms with Crippen molar-refractivity contribution in [2.45, 2.75) is 54.9 Å². The van der Waals surface area contributed by atoms with Crippen molar-refractivity contribution in [2.75, 3.05) is 31.4 Å². The van der Waals surface area contributed by atoms with Crippen molar-refractivity contribution >= 4 is 28.2 Å². The smallest absolute Gasteiger partial charge is 0.208 e. The Morgan fingerprint density at radius 1 is 1.38 bits per heavy atom. The van der Waals surface area contributed by atoms with Crippen LogP contribution in [0.15, 0.2) is 4.34 Å². The van der Waals surface area contributed by atoms with Crippen LogP contribution >= 0.6 is 23.1 Å². The summed E-state index contributed by atoms with van der Waals surface area (Å²) < 4.78 is 1.04. The molecule has 1 fully saturated rings. The molecule has 0 radical (unpaired) electrons. The topological polar surface area (TPSA) is 61.3 Å². The first-order valence-corrected chi connectivity index (χ1v) is 9.35. The van der Waals surface area contributed by atoms with Gasteiger partial charge in [-0.1, -0.05) is 29.5 Å². The van der Waals surface area contributed by atoms with E-state index in [-0.39, 0.29) is 12.1 Å². The number of nitrogens with zero attached hydrogens (tertiary/aromatic N) is 3. The summed E-state index contributed by atoms with van der Waals surface area (Å²) in [5.41, 5.74) is -0.105. The second kappa shape index (κ2) is 7.76. The van der Waals surface area contributed by atoms with Crippen LogP contribution in [0.2, 0.25) is 0 Å². The molecule has 1 saturated carbocycles. The summed E-state index contributed by atoms with van der Waals surface area (Å²) in [6.07, 6.45) is 5.82. The highest BCUT2D eigenvalue weighted by atomic mass is 32.2. The molecular formula is C14H26N4OS2. The monoisotopic (exact) mass is 330 g/mol. The molecule has 1 atom stereocenters. The average Bonchev–Trinajstić information content (AvgIpc) is 3.12. The summed E-state index contributed by atoms with van der Waals surface area (Å²) in [6, 6.07) is 0.641. The van der Waals surface area contributed by atoms with Crippen molar-refractivity contribution in [1.82, 2.24) is 15.5 Å². The molecule has 2 N–H and O–H groups in total. The first kappa shape index (κ1) is 17.0. The molecule has 21 heavy (non-hydrogen) atoms. The van der Waals surface area contributed by atoms with Crippen molar-refractivity contribution in [3.8, 4) is 0 Å². The molecule has 0 bridgehead atoms. The molecule has 7 heteroatoms. The third-order valence-corrected chi connectivity index (χ3v) is 5.92. The molecule has 5 nitrogen and oxygen atoms in total. The quantitative estimate of drug-likeness (QED) is 0.507. The summed E-state index contributed by atoms with van der Waals surface area (Å²) in [7, 11) is 3.97. The van der Waals surface area contributed by atoms with Gasteiger partial charge in [-0.2, -0.15) is 0 Å². The van der Waals surface area contributed by atoms with Crippen LogP contribution in [-0.4, -0.2) is 53.3 Å². The Bertz CT molecular complexity index is 436. The summed E-state index contributed by atoms with van der Waals surface area (Å²) in [5, 5.41) is 22.4.